The maximum Gasteiger partial charge on any atom is 0.238 e. The minimum Gasteiger partial charge on any atom is -0.699 e. The molecule has 0 atom stereocenters. The quantitative estimate of drug-likeness (QED) is 0.684. The van der Waals surface area contributed by atoms with E-state index >= 15 is 0 Å². The Kier molecular flexibility index (Phi) is 1.84. The summed E-state index contributed by atoms with van der Waals surface area (Å²) < 4.78 is 21.4. The van der Waals surface area contributed by atoms with Crippen molar-refractivity contribution in [2.24, 2.45) is 5.14 Å². The molecule has 0 saturated carbocycles. The van der Waals surface area contributed by atoms with Gasteiger partial charge < -0.3 is 5.73 Å². The summed E-state index contributed by atoms with van der Waals surface area (Å²) in [7, 11) is -3.65. The van der Waals surface area contributed by atoms with Crippen LogP contribution in [0.2, 0.25) is 0 Å². The Bertz CT molecular complexity index is 359. The molecule has 0 aliphatic rings. The van der Waals surface area contributed by atoms with E-state index in [0.717, 1.165) is 0 Å². The van der Waals surface area contributed by atoms with E-state index in [4.69, 9.17) is 10.9 Å². The zero-order valence-corrected chi connectivity index (χ0v) is 6.43. The lowest BCUT2D eigenvalue weighted by Gasteiger charge is -2.03. The van der Waals surface area contributed by atoms with Crippen molar-refractivity contribution in [3.8, 4) is 0 Å². The SMILES string of the molecule is [NH-]c1cccc(S(N)(=O)=O)c1. The van der Waals surface area contributed by atoms with Crippen LogP contribution in [-0.2, 0) is 10.0 Å². The zero-order chi connectivity index (χ0) is 8.48. The summed E-state index contributed by atoms with van der Waals surface area (Å²) in [6.07, 6.45) is 0. The van der Waals surface area contributed by atoms with Gasteiger partial charge in [-0.15, -0.1) is 5.69 Å². The van der Waals surface area contributed by atoms with Crippen molar-refractivity contribution < 1.29 is 8.42 Å². The maximum absolute atomic E-state index is 10.7. The fourth-order valence-electron chi connectivity index (χ4n) is 0.673. The minimum absolute atomic E-state index is 0.0231. The summed E-state index contributed by atoms with van der Waals surface area (Å²) in [4.78, 5) is -0.0231. The molecule has 0 aliphatic carbocycles. The highest BCUT2D eigenvalue weighted by molar-refractivity contribution is 7.89. The molecule has 5 heteroatoms. The van der Waals surface area contributed by atoms with Crippen LogP contribution in [-0.4, -0.2) is 8.42 Å². The second kappa shape index (κ2) is 2.52. The summed E-state index contributed by atoms with van der Waals surface area (Å²) in [5, 5.41) is 4.81. The number of nitrogens with one attached hydrogen (secondary N) is 1. The Morgan fingerprint density at radius 1 is 1.36 bits per heavy atom. The van der Waals surface area contributed by atoms with Crippen molar-refractivity contribution in [1.82, 2.24) is 0 Å². The number of rotatable bonds is 1. The Morgan fingerprint density at radius 2 is 2.00 bits per heavy atom. The molecule has 1 rings (SSSR count). The van der Waals surface area contributed by atoms with Crippen molar-refractivity contribution in [3.63, 3.8) is 0 Å². The molecule has 0 spiro atoms. The van der Waals surface area contributed by atoms with Gasteiger partial charge in [0.1, 0.15) is 0 Å². The highest BCUT2D eigenvalue weighted by Gasteiger charge is 2.04. The molecule has 0 radical (unpaired) electrons. The van der Waals surface area contributed by atoms with Gasteiger partial charge in [-0.1, -0.05) is 18.2 Å². The lowest BCUT2D eigenvalue weighted by Crippen LogP contribution is -2.11. The van der Waals surface area contributed by atoms with E-state index < -0.39 is 10.0 Å². The van der Waals surface area contributed by atoms with Gasteiger partial charge in [0.2, 0.25) is 10.0 Å². The number of nitrogens with two attached hydrogens (primary N) is 1. The van der Waals surface area contributed by atoms with Crippen LogP contribution < -0.4 is 5.14 Å². The standard InChI is InChI=1S/C6H7N2O2S/c7-5-2-1-3-6(4-5)11(8,9)10/h1-4,7H,(H2,8,9,10)/q-1. The third-order valence-electron chi connectivity index (χ3n) is 1.16. The third kappa shape index (κ3) is 1.92. The molecule has 3 N–H and O–H groups in total. The number of benzene rings is 1. The van der Waals surface area contributed by atoms with Crippen LogP contribution in [0.3, 0.4) is 0 Å². The summed E-state index contributed by atoms with van der Waals surface area (Å²) in [6, 6.07) is 5.51. The van der Waals surface area contributed by atoms with Crippen molar-refractivity contribution >= 4 is 15.7 Å². The van der Waals surface area contributed by atoms with Crippen LogP contribution >= 0.6 is 0 Å². The van der Waals surface area contributed by atoms with Gasteiger partial charge in [0.05, 0.1) is 4.90 Å². The van der Waals surface area contributed by atoms with Crippen molar-refractivity contribution in [2.45, 2.75) is 4.90 Å². The van der Waals surface area contributed by atoms with Crippen LogP contribution in [0.15, 0.2) is 29.2 Å². The maximum atomic E-state index is 10.7. The van der Waals surface area contributed by atoms with E-state index in [1.54, 1.807) is 0 Å². The molecular weight excluding hydrogens is 164 g/mol. The monoisotopic (exact) mass is 171 g/mol. The first-order valence-electron chi connectivity index (χ1n) is 2.84. The number of hydrogen-bond acceptors (Lipinski definition) is 2. The van der Waals surface area contributed by atoms with Crippen molar-refractivity contribution in [3.05, 3.63) is 30.0 Å². The summed E-state index contributed by atoms with van der Waals surface area (Å²) >= 11 is 0. The number of hydrogen-bond donors (Lipinski definition) is 1. The van der Waals surface area contributed by atoms with E-state index in [0.29, 0.717) is 0 Å². The van der Waals surface area contributed by atoms with Crippen LogP contribution in [0.4, 0.5) is 5.69 Å². The van der Waals surface area contributed by atoms with Crippen molar-refractivity contribution in [1.29, 1.82) is 0 Å². The molecular formula is C6H7N2O2S-. The van der Waals surface area contributed by atoms with Gasteiger partial charge in [-0.25, -0.2) is 13.6 Å². The molecule has 11 heavy (non-hydrogen) atoms. The second-order valence-corrected chi connectivity index (χ2v) is 3.63. The molecule has 0 heterocycles. The van der Waals surface area contributed by atoms with Crippen LogP contribution in [0.5, 0.6) is 0 Å². The minimum atomic E-state index is -3.65. The van der Waals surface area contributed by atoms with Gasteiger partial charge >= 0.3 is 0 Å². The summed E-state index contributed by atoms with van der Waals surface area (Å²) in [5.74, 6) is 0. The molecule has 0 aromatic heterocycles. The molecule has 60 valence electrons. The molecule has 1 aromatic carbocycles. The highest BCUT2D eigenvalue weighted by Crippen LogP contribution is 2.14. The molecule has 4 nitrogen and oxygen atoms in total. The predicted octanol–water partition coefficient (Wildman–Crippen LogP) is 1.02. The Hall–Kier alpha value is -1.07. The van der Waals surface area contributed by atoms with Crippen LogP contribution in [0.25, 0.3) is 5.73 Å². The van der Waals surface area contributed by atoms with Crippen molar-refractivity contribution in [2.75, 3.05) is 0 Å². The van der Waals surface area contributed by atoms with E-state index in [1.165, 1.54) is 24.3 Å². The number of sulfonamides is 1. The molecule has 0 bridgehead atoms. The fraction of sp³-hybridized carbons (Fsp3) is 0. The molecule has 0 fully saturated rings. The van der Waals surface area contributed by atoms with Gasteiger partial charge in [-0.2, -0.15) is 0 Å². The topological polar surface area (TPSA) is 84.0 Å². The van der Waals surface area contributed by atoms with E-state index in [2.05, 4.69) is 0 Å². The molecule has 0 unspecified atom stereocenters. The smallest absolute Gasteiger partial charge is 0.238 e. The van der Waals surface area contributed by atoms with Gasteiger partial charge in [-0.05, 0) is 6.07 Å². The fourth-order valence-corrected chi connectivity index (χ4v) is 1.23. The zero-order valence-electron chi connectivity index (χ0n) is 5.61. The first-order chi connectivity index (χ1) is 5.00. The molecule has 1 aromatic rings. The van der Waals surface area contributed by atoms with Crippen LogP contribution in [0.1, 0.15) is 0 Å². The number of primary sulfonamides is 1. The van der Waals surface area contributed by atoms with Gasteiger partial charge in [0.25, 0.3) is 0 Å². The Morgan fingerprint density at radius 3 is 2.36 bits per heavy atom. The lowest BCUT2D eigenvalue weighted by atomic mass is 10.3. The average molecular weight is 171 g/mol. The van der Waals surface area contributed by atoms with Crippen LogP contribution in [0, 0.1) is 0 Å². The van der Waals surface area contributed by atoms with E-state index in [9.17, 15) is 8.42 Å². The van der Waals surface area contributed by atoms with E-state index in [1.807, 2.05) is 0 Å². The molecule has 0 amide bonds. The van der Waals surface area contributed by atoms with Gasteiger partial charge in [0.15, 0.2) is 0 Å². The summed E-state index contributed by atoms with van der Waals surface area (Å²) in [5.41, 5.74) is 7.23. The molecule has 0 aliphatic heterocycles. The highest BCUT2D eigenvalue weighted by atomic mass is 32.2. The first-order valence-corrected chi connectivity index (χ1v) is 4.39. The van der Waals surface area contributed by atoms with Gasteiger partial charge in [0, 0.05) is 0 Å². The van der Waals surface area contributed by atoms with Gasteiger partial charge in [-0.3, -0.25) is 0 Å². The third-order valence-corrected chi connectivity index (χ3v) is 2.07. The van der Waals surface area contributed by atoms with E-state index in [-0.39, 0.29) is 10.6 Å². The second-order valence-electron chi connectivity index (χ2n) is 2.07. The largest absolute Gasteiger partial charge is 0.699 e. The Labute approximate surface area is 64.9 Å². The Balaban J connectivity index is 3.28. The lowest BCUT2D eigenvalue weighted by molar-refractivity contribution is 0.598. The first kappa shape index (κ1) is 8.03. The average Bonchev–Trinajstić information content (AvgIpc) is 1.86. The predicted molar refractivity (Wildman–Crippen MR) is 41.8 cm³/mol. The summed E-state index contributed by atoms with van der Waals surface area (Å²) in [6.45, 7) is 0. The normalized spacial score (nSPS) is 11.4. The molecule has 0 saturated heterocycles.